The molecule has 2 aromatic rings. The van der Waals surface area contributed by atoms with Gasteiger partial charge in [-0.25, -0.2) is 0 Å². The van der Waals surface area contributed by atoms with E-state index in [4.69, 9.17) is 0 Å². The van der Waals surface area contributed by atoms with Gasteiger partial charge in [0.1, 0.15) is 0 Å². The molecule has 27 heavy (non-hydrogen) atoms. The van der Waals surface area contributed by atoms with Crippen molar-refractivity contribution in [2.45, 2.75) is 41.5 Å². The first-order chi connectivity index (χ1) is 11.4. The van der Waals surface area contributed by atoms with E-state index in [0.717, 1.165) is 41.0 Å². The minimum atomic E-state index is 0. The third kappa shape index (κ3) is 7.89. The molecule has 1 saturated carbocycles. The van der Waals surface area contributed by atoms with Gasteiger partial charge in [0.2, 0.25) is 0 Å². The van der Waals surface area contributed by atoms with Crippen LogP contribution in [-0.2, 0) is 25.8 Å². The number of hydrogen-bond acceptors (Lipinski definition) is 1. The Labute approximate surface area is 187 Å². The second-order valence-corrected chi connectivity index (χ2v) is 7.45. The Morgan fingerprint density at radius 2 is 1.22 bits per heavy atom. The van der Waals surface area contributed by atoms with Crippen molar-refractivity contribution < 1.29 is 25.8 Å². The number of hydrogen-bond donors (Lipinski definition) is 0. The zero-order chi connectivity index (χ0) is 17.7. The molecule has 3 heteroatoms. The number of benzene rings is 1. The van der Waals surface area contributed by atoms with Crippen LogP contribution in [0.1, 0.15) is 45.9 Å². The minimum Gasteiger partial charge on any atom is -0.663 e. The SMILES string of the molecule is CC1C(C)C(C)C(C)C1C.Cc1ccc(N=Cc2ccc[n-]2)cc1.[CH3-].[CH3-].[Hf+4]. The van der Waals surface area contributed by atoms with E-state index in [9.17, 15) is 0 Å². The van der Waals surface area contributed by atoms with Crippen molar-refractivity contribution in [3.8, 4) is 0 Å². The predicted octanol–water partition coefficient (Wildman–Crippen LogP) is 6.78. The van der Waals surface area contributed by atoms with E-state index in [1.807, 2.05) is 36.4 Å². The van der Waals surface area contributed by atoms with Crippen LogP contribution in [-0.4, -0.2) is 6.21 Å². The van der Waals surface area contributed by atoms with Crippen LogP contribution in [0.4, 0.5) is 5.69 Å². The molecule has 3 rings (SSSR count). The van der Waals surface area contributed by atoms with Gasteiger partial charge in [-0.15, -0.1) is 5.69 Å². The molecule has 1 aliphatic carbocycles. The van der Waals surface area contributed by atoms with Gasteiger partial charge in [0.15, 0.2) is 0 Å². The van der Waals surface area contributed by atoms with E-state index in [-0.39, 0.29) is 40.7 Å². The molecular formula is C24H37HfN2+. The normalized spacial score (nSPS) is 26.2. The molecule has 146 valence electrons. The molecule has 0 unspecified atom stereocenters. The van der Waals surface area contributed by atoms with Gasteiger partial charge >= 0.3 is 25.8 Å². The van der Waals surface area contributed by atoms with Crippen molar-refractivity contribution in [1.29, 1.82) is 0 Å². The summed E-state index contributed by atoms with van der Waals surface area (Å²) < 4.78 is 0. The summed E-state index contributed by atoms with van der Waals surface area (Å²) in [7, 11) is 0. The third-order valence-electron chi connectivity index (χ3n) is 6.10. The van der Waals surface area contributed by atoms with Gasteiger partial charge < -0.3 is 19.8 Å². The summed E-state index contributed by atoms with van der Waals surface area (Å²) in [5.41, 5.74) is 3.10. The molecular weight excluding hydrogens is 495 g/mol. The average molecular weight is 532 g/mol. The summed E-state index contributed by atoms with van der Waals surface area (Å²) in [6, 6.07) is 11.9. The summed E-state index contributed by atoms with van der Waals surface area (Å²) in [5.74, 6) is 4.68. The second kappa shape index (κ2) is 13.3. The molecule has 1 fully saturated rings. The van der Waals surface area contributed by atoms with Crippen LogP contribution in [0.15, 0.2) is 47.6 Å². The van der Waals surface area contributed by atoms with Gasteiger partial charge in [0, 0.05) is 6.21 Å². The topological polar surface area (TPSA) is 26.5 Å². The van der Waals surface area contributed by atoms with Crippen LogP contribution in [0.3, 0.4) is 0 Å². The zero-order valence-corrected chi connectivity index (χ0v) is 22.0. The van der Waals surface area contributed by atoms with Gasteiger partial charge in [-0.05, 0) is 48.6 Å². The third-order valence-corrected chi connectivity index (χ3v) is 6.10. The molecule has 0 aliphatic heterocycles. The largest absolute Gasteiger partial charge is 4.00 e. The maximum Gasteiger partial charge on any atom is 4.00 e. The summed E-state index contributed by atoms with van der Waals surface area (Å²) >= 11 is 0. The number of rotatable bonds is 2. The number of nitrogens with zero attached hydrogens (tertiary/aromatic N) is 2. The maximum absolute atomic E-state index is 4.30. The van der Waals surface area contributed by atoms with E-state index in [0.29, 0.717) is 0 Å². The second-order valence-electron chi connectivity index (χ2n) is 7.45. The predicted molar refractivity (Wildman–Crippen MR) is 117 cm³/mol. The fourth-order valence-electron chi connectivity index (χ4n) is 3.56. The number of aromatic nitrogens is 1. The number of aliphatic imine (C=N–C) groups is 1. The molecule has 0 saturated heterocycles. The first kappa shape index (κ1) is 28.3. The Balaban J connectivity index is 0. The Morgan fingerprint density at radius 3 is 1.59 bits per heavy atom. The molecule has 1 heterocycles. The van der Waals surface area contributed by atoms with Crippen molar-refractivity contribution in [3.05, 3.63) is 68.7 Å². The van der Waals surface area contributed by atoms with Crippen LogP contribution < -0.4 is 4.98 Å². The standard InChI is InChI=1S/C12H11N2.C10H20.2CH3.Hf/c1-10-4-6-11(7-5-10)14-9-12-3-2-8-13-12;1-6-7(2)9(4)10(5)8(6)3;;;/h2-9H,1H3;6-10H,1-5H3;2*1H3;/q-1;;2*-1;+4. The molecule has 0 radical (unpaired) electrons. The molecule has 0 amide bonds. The fraction of sp³-hybridized carbons (Fsp3) is 0.458. The van der Waals surface area contributed by atoms with Crippen molar-refractivity contribution in [2.75, 3.05) is 0 Å². The summed E-state index contributed by atoms with van der Waals surface area (Å²) in [5, 5.41) is 0. The Morgan fingerprint density at radius 1 is 0.778 bits per heavy atom. The van der Waals surface area contributed by atoms with E-state index >= 15 is 0 Å². The van der Waals surface area contributed by atoms with Crippen LogP contribution >= 0.6 is 0 Å². The summed E-state index contributed by atoms with van der Waals surface area (Å²) in [4.78, 5) is 8.40. The van der Waals surface area contributed by atoms with E-state index in [2.05, 4.69) is 51.5 Å². The molecule has 1 aliphatic rings. The van der Waals surface area contributed by atoms with Gasteiger partial charge in [-0.2, -0.15) is 6.20 Å². The first-order valence-electron chi connectivity index (χ1n) is 9.08. The number of aryl methyl sites for hydroxylation is 1. The molecule has 0 atom stereocenters. The molecule has 0 bridgehead atoms. The molecule has 1 aromatic heterocycles. The monoisotopic (exact) mass is 533 g/mol. The molecule has 2 nitrogen and oxygen atoms in total. The minimum absolute atomic E-state index is 0. The van der Waals surface area contributed by atoms with Crippen molar-refractivity contribution >= 4 is 11.9 Å². The van der Waals surface area contributed by atoms with Crippen LogP contribution in [0, 0.1) is 51.4 Å². The molecule has 0 N–H and O–H groups in total. The quantitative estimate of drug-likeness (QED) is 0.238. The van der Waals surface area contributed by atoms with E-state index < -0.39 is 0 Å². The fourth-order valence-corrected chi connectivity index (χ4v) is 3.56. The summed E-state index contributed by atoms with van der Waals surface area (Å²) in [6.45, 7) is 14.1. The smallest absolute Gasteiger partial charge is 0.663 e. The van der Waals surface area contributed by atoms with E-state index in [1.165, 1.54) is 5.56 Å². The summed E-state index contributed by atoms with van der Waals surface area (Å²) in [6.07, 6.45) is 3.53. The van der Waals surface area contributed by atoms with Crippen LogP contribution in [0.25, 0.3) is 0 Å². The Kier molecular flexibility index (Phi) is 13.9. The van der Waals surface area contributed by atoms with Crippen molar-refractivity contribution in [2.24, 2.45) is 34.6 Å². The van der Waals surface area contributed by atoms with Gasteiger partial charge in [0.05, 0.1) is 5.69 Å². The van der Waals surface area contributed by atoms with Crippen LogP contribution in [0.5, 0.6) is 0 Å². The molecule has 1 aromatic carbocycles. The van der Waals surface area contributed by atoms with Crippen molar-refractivity contribution in [1.82, 2.24) is 4.98 Å². The van der Waals surface area contributed by atoms with Gasteiger partial charge in [-0.3, -0.25) is 4.99 Å². The van der Waals surface area contributed by atoms with E-state index in [1.54, 1.807) is 12.4 Å². The maximum atomic E-state index is 4.30. The zero-order valence-electron chi connectivity index (χ0n) is 18.4. The van der Waals surface area contributed by atoms with Gasteiger partial charge in [-0.1, -0.05) is 64.4 Å². The van der Waals surface area contributed by atoms with Gasteiger partial charge in [0.25, 0.3) is 0 Å². The molecule has 0 spiro atoms. The average Bonchev–Trinajstić information content (AvgIpc) is 3.16. The van der Waals surface area contributed by atoms with Crippen molar-refractivity contribution in [3.63, 3.8) is 0 Å². The first-order valence-corrected chi connectivity index (χ1v) is 9.08. The Bertz CT molecular complexity index is 586. The Hall–Kier alpha value is -0.960. The van der Waals surface area contributed by atoms with Crippen LogP contribution in [0.2, 0.25) is 0 Å².